The molecule has 0 aliphatic rings. The average Bonchev–Trinajstić information content (AvgIpc) is 2.50. The molecule has 1 N–H and O–H groups in total. The number of rotatable bonds is 0. The van der Waals surface area contributed by atoms with E-state index in [0.29, 0.717) is 11.2 Å². The summed E-state index contributed by atoms with van der Waals surface area (Å²) in [6.07, 6.45) is 1.44. The van der Waals surface area contributed by atoms with Crippen LogP contribution in [0.2, 0.25) is 0 Å². The number of nitrogens with one attached hydrogen (secondary N) is 1. The van der Waals surface area contributed by atoms with Crippen molar-refractivity contribution in [2.24, 2.45) is 0 Å². The summed E-state index contributed by atoms with van der Waals surface area (Å²) in [4.78, 5) is 18.4. The van der Waals surface area contributed by atoms with Crippen LogP contribution in [0.15, 0.2) is 11.1 Å². The molecule has 0 saturated heterocycles. The van der Waals surface area contributed by atoms with Gasteiger partial charge in [0, 0.05) is 0 Å². The maximum absolute atomic E-state index is 11.8. The number of aromatic nitrogens is 5. The Kier molecular flexibility index (Phi) is 1.67. The van der Waals surface area contributed by atoms with Crippen molar-refractivity contribution >= 4 is 11.2 Å². The summed E-state index contributed by atoms with van der Waals surface area (Å²) in [6.45, 7) is 5.68. The lowest BCUT2D eigenvalue weighted by atomic mass is 10.1. The van der Waals surface area contributed by atoms with Crippen LogP contribution in [-0.4, -0.2) is 25.0 Å². The van der Waals surface area contributed by atoms with Crippen LogP contribution in [0, 0.1) is 0 Å². The van der Waals surface area contributed by atoms with Crippen molar-refractivity contribution in [3.8, 4) is 0 Å². The summed E-state index contributed by atoms with van der Waals surface area (Å²) in [5, 5.41) is 7.66. The number of hydrogen-bond acceptors (Lipinski definition) is 4. The van der Waals surface area contributed by atoms with Crippen molar-refractivity contribution in [1.29, 1.82) is 0 Å². The molecule has 2 rings (SSSR count). The third kappa shape index (κ3) is 1.19. The minimum Gasteiger partial charge on any atom is -0.339 e. The fourth-order valence-electron chi connectivity index (χ4n) is 1.19. The lowest BCUT2D eigenvalue weighted by Gasteiger charge is -2.18. The van der Waals surface area contributed by atoms with E-state index >= 15 is 0 Å². The van der Waals surface area contributed by atoms with Gasteiger partial charge in [-0.2, -0.15) is 0 Å². The van der Waals surface area contributed by atoms with E-state index in [0.717, 1.165) is 0 Å². The number of aromatic amines is 1. The van der Waals surface area contributed by atoms with E-state index in [-0.39, 0.29) is 11.1 Å². The van der Waals surface area contributed by atoms with E-state index < -0.39 is 0 Å². The zero-order valence-electron chi connectivity index (χ0n) is 8.27. The van der Waals surface area contributed by atoms with Crippen molar-refractivity contribution in [1.82, 2.24) is 25.0 Å². The van der Waals surface area contributed by atoms with Crippen molar-refractivity contribution in [3.63, 3.8) is 0 Å². The summed E-state index contributed by atoms with van der Waals surface area (Å²) in [5.74, 6) is 0. The first-order valence-corrected chi connectivity index (χ1v) is 4.30. The Balaban J connectivity index is 2.81. The number of H-pyrrole nitrogens is 1. The quantitative estimate of drug-likeness (QED) is 0.651. The van der Waals surface area contributed by atoms with Crippen LogP contribution in [0.25, 0.3) is 11.2 Å². The highest BCUT2D eigenvalue weighted by Crippen LogP contribution is 2.08. The summed E-state index contributed by atoms with van der Waals surface area (Å²) in [7, 11) is 0. The van der Waals surface area contributed by atoms with Crippen molar-refractivity contribution in [3.05, 3.63) is 16.7 Å². The number of nitrogens with zero attached hydrogens (tertiary/aromatic N) is 4. The zero-order valence-corrected chi connectivity index (χ0v) is 8.27. The van der Waals surface area contributed by atoms with Gasteiger partial charge in [0.25, 0.3) is 5.56 Å². The van der Waals surface area contributed by atoms with Gasteiger partial charge in [-0.3, -0.25) is 4.79 Å². The van der Waals surface area contributed by atoms with Gasteiger partial charge >= 0.3 is 0 Å². The van der Waals surface area contributed by atoms with E-state index in [2.05, 4.69) is 20.3 Å². The van der Waals surface area contributed by atoms with Crippen LogP contribution < -0.4 is 5.56 Å². The highest BCUT2D eigenvalue weighted by atomic mass is 16.1. The molecule has 0 atom stereocenters. The minimum atomic E-state index is -0.372. The Morgan fingerprint density at radius 3 is 2.79 bits per heavy atom. The van der Waals surface area contributed by atoms with Crippen molar-refractivity contribution in [2.45, 2.75) is 26.3 Å². The van der Waals surface area contributed by atoms with E-state index in [1.165, 1.54) is 11.0 Å². The Morgan fingerprint density at radius 2 is 2.14 bits per heavy atom. The molecule has 0 saturated carbocycles. The molecule has 0 aromatic carbocycles. The summed E-state index contributed by atoms with van der Waals surface area (Å²) >= 11 is 0. The Labute approximate surface area is 80.0 Å². The van der Waals surface area contributed by atoms with Crippen LogP contribution in [-0.2, 0) is 5.54 Å². The number of hydrogen-bond donors (Lipinski definition) is 1. The van der Waals surface area contributed by atoms with Gasteiger partial charge in [0.05, 0.1) is 11.9 Å². The molecule has 0 unspecified atom stereocenters. The average molecular weight is 193 g/mol. The first kappa shape index (κ1) is 8.86. The molecule has 6 heteroatoms. The molecule has 6 nitrogen and oxygen atoms in total. The SMILES string of the molecule is CC(C)(C)n1nnc2nc[nH]c2c1=O. The molecule has 0 radical (unpaired) electrons. The van der Waals surface area contributed by atoms with E-state index in [9.17, 15) is 4.79 Å². The van der Waals surface area contributed by atoms with Crippen LogP contribution in [0.5, 0.6) is 0 Å². The maximum atomic E-state index is 11.8. The maximum Gasteiger partial charge on any atom is 0.296 e. The molecular weight excluding hydrogens is 182 g/mol. The smallest absolute Gasteiger partial charge is 0.296 e. The minimum absolute atomic E-state index is 0.194. The molecule has 0 bridgehead atoms. The molecule has 0 spiro atoms. The molecule has 2 aromatic rings. The van der Waals surface area contributed by atoms with Gasteiger partial charge in [0.1, 0.15) is 0 Å². The largest absolute Gasteiger partial charge is 0.339 e. The Morgan fingerprint density at radius 1 is 1.43 bits per heavy atom. The van der Waals surface area contributed by atoms with Gasteiger partial charge in [0.2, 0.25) is 5.65 Å². The number of fused-ring (bicyclic) bond motifs is 1. The first-order valence-electron chi connectivity index (χ1n) is 4.30. The molecule has 0 aliphatic heterocycles. The lowest BCUT2D eigenvalue weighted by molar-refractivity contribution is 0.327. The summed E-state index contributed by atoms with van der Waals surface area (Å²) < 4.78 is 1.34. The Bertz CT molecular complexity index is 518. The fraction of sp³-hybridized carbons (Fsp3) is 0.500. The molecule has 74 valence electrons. The van der Waals surface area contributed by atoms with Gasteiger partial charge in [-0.05, 0) is 20.8 Å². The lowest BCUT2D eigenvalue weighted by Crippen LogP contribution is -2.36. The topological polar surface area (TPSA) is 76.5 Å². The Hall–Kier alpha value is -1.72. The highest BCUT2D eigenvalue weighted by molar-refractivity contribution is 5.67. The predicted molar refractivity (Wildman–Crippen MR) is 50.9 cm³/mol. The second-order valence-electron chi connectivity index (χ2n) is 4.08. The first-order chi connectivity index (χ1) is 6.50. The van der Waals surface area contributed by atoms with E-state index in [1.54, 1.807) is 0 Å². The molecule has 0 amide bonds. The molecule has 14 heavy (non-hydrogen) atoms. The van der Waals surface area contributed by atoms with Gasteiger partial charge in [-0.15, -0.1) is 5.10 Å². The van der Waals surface area contributed by atoms with Crippen LogP contribution in [0.1, 0.15) is 20.8 Å². The van der Waals surface area contributed by atoms with Gasteiger partial charge in [-0.1, -0.05) is 5.21 Å². The number of imidazole rings is 1. The van der Waals surface area contributed by atoms with Gasteiger partial charge in [0.15, 0.2) is 5.52 Å². The zero-order chi connectivity index (χ0) is 10.3. The standard InChI is InChI=1S/C8H11N5O/c1-8(2,3)13-7(14)5-6(11-12-13)10-4-9-5/h4H,1-3H3,(H,9,10). The second-order valence-corrected chi connectivity index (χ2v) is 4.08. The predicted octanol–water partition coefficient (Wildman–Crippen LogP) is 0.270. The van der Waals surface area contributed by atoms with Gasteiger partial charge in [-0.25, -0.2) is 9.67 Å². The van der Waals surface area contributed by atoms with Crippen LogP contribution in [0.4, 0.5) is 0 Å². The highest BCUT2D eigenvalue weighted by Gasteiger charge is 2.18. The molecular formula is C8H11N5O. The third-order valence-electron chi connectivity index (χ3n) is 1.89. The second kappa shape index (κ2) is 2.63. The molecule has 0 fully saturated rings. The molecule has 0 aliphatic carbocycles. The summed E-state index contributed by atoms with van der Waals surface area (Å²) in [6, 6.07) is 0. The third-order valence-corrected chi connectivity index (χ3v) is 1.89. The van der Waals surface area contributed by atoms with Crippen LogP contribution in [0.3, 0.4) is 0 Å². The summed E-state index contributed by atoms with van der Waals surface area (Å²) in [5.41, 5.74) is 0.189. The molecule has 2 aromatic heterocycles. The van der Waals surface area contributed by atoms with E-state index in [1.807, 2.05) is 20.8 Å². The van der Waals surface area contributed by atoms with E-state index in [4.69, 9.17) is 0 Å². The van der Waals surface area contributed by atoms with Crippen molar-refractivity contribution in [2.75, 3.05) is 0 Å². The molecule has 2 heterocycles. The monoisotopic (exact) mass is 193 g/mol. The normalized spacial score (nSPS) is 12.2. The van der Waals surface area contributed by atoms with Crippen LogP contribution >= 0.6 is 0 Å². The van der Waals surface area contributed by atoms with Crippen molar-refractivity contribution < 1.29 is 0 Å². The van der Waals surface area contributed by atoms with Gasteiger partial charge < -0.3 is 4.98 Å². The fourth-order valence-corrected chi connectivity index (χ4v) is 1.19.